The summed E-state index contributed by atoms with van der Waals surface area (Å²) in [6.07, 6.45) is 1.45. The number of amides is 1. The lowest BCUT2D eigenvalue weighted by Gasteiger charge is -2.61. The molecule has 124 valence electrons. The number of carbonyl (C=O) groups is 1. The molecule has 0 aromatic carbocycles. The Kier molecular flexibility index (Phi) is 4.78. The Morgan fingerprint density at radius 3 is 1.67 bits per heavy atom. The largest absolute Gasteiger partial charge is 0.471 e. The highest BCUT2D eigenvalue weighted by Gasteiger charge is 2.59. The van der Waals surface area contributed by atoms with Crippen LogP contribution in [-0.4, -0.2) is 23.2 Å². The Balaban J connectivity index is 0.000000203. The van der Waals surface area contributed by atoms with Crippen molar-refractivity contribution < 1.29 is 19.3 Å². The number of rotatable bonds is 1. The van der Waals surface area contributed by atoms with E-state index in [-0.39, 0.29) is 12.4 Å². The standard InChI is InChI=1S/C7H8F3NO.C5H9N.C2H6.ClH/c8-7(9,10)5(12)11-6-1-4(2-6)3-6;6-5-1-4(2-5)3-5;1-2;/h4H,1-3H2,(H,11,12);4H,1-3,6H2;1-2H3;1H/i;;1D;. The Bertz CT molecular complexity index is 385. The molecule has 6 fully saturated rings. The average Bonchev–Trinajstić information content (AvgIpc) is 2.17. The zero-order valence-corrected chi connectivity index (χ0v) is 12.9. The van der Waals surface area contributed by atoms with Crippen LogP contribution < -0.4 is 11.1 Å². The van der Waals surface area contributed by atoms with Gasteiger partial charge in [0.05, 0.1) is 0 Å². The first-order chi connectivity index (χ1) is 9.61. The highest BCUT2D eigenvalue weighted by molar-refractivity contribution is 5.85. The maximum atomic E-state index is 11.7. The molecule has 0 atom stereocenters. The third-order valence-corrected chi connectivity index (χ3v) is 4.76. The van der Waals surface area contributed by atoms with Crippen molar-refractivity contribution in [3.8, 4) is 0 Å². The van der Waals surface area contributed by atoms with Gasteiger partial charge in [-0.2, -0.15) is 13.2 Å². The number of hydrogen-bond acceptors (Lipinski definition) is 2. The van der Waals surface area contributed by atoms with Crippen molar-refractivity contribution >= 4 is 18.3 Å². The fraction of sp³-hybridized carbons (Fsp3) is 0.929. The summed E-state index contributed by atoms with van der Waals surface area (Å²) in [5.74, 6) is -0.172. The molecule has 4 bridgehead atoms. The van der Waals surface area contributed by atoms with Gasteiger partial charge in [0.15, 0.2) is 0 Å². The van der Waals surface area contributed by atoms with Crippen molar-refractivity contribution in [1.82, 2.24) is 5.32 Å². The lowest BCUT2D eigenvalue weighted by atomic mass is 9.50. The zero-order chi connectivity index (χ0) is 15.9. The Hall–Kier alpha value is -0.490. The third kappa shape index (κ3) is 3.65. The van der Waals surface area contributed by atoms with Crippen molar-refractivity contribution in [2.75, 3.05) is 0 Å². The van der Waals surface area contributed by atoms with Crippen molar-refractivity contribution in [2.24, 2.45) is 17.6 Å². The molecular weight excluding hydrogens is 305 g/mol. The molecule has 6 saturated carbocycles. The molecule has 0 unspecified atom stereocenters. The molecule has 6 rings (SSSR count). The van der Waals surface area contributed by atoms with E-state index in [9.17, 15) is 18.0 Å². The van der Waals surface area contributed by atoms with E-state index in [1.165, 1.54) is 19.3 Å². The van der Waals surface area contributed by atoms with Crippen molar-refractivity contribution in [3.63, 3.8) is 0 Å². The van der Waals surface area contributed by atoms with Crippen LogP contribution in [0.3, 0.4) is 0 Å². The summed E-state index contributed by atoms with van der Waals surface area (Å²) in [5, 5.41) is 2.03. The van der Waals surface area contributed by atoms with E-state index in [2.05, 4.69) is 0 Å². The molecule has 0 aromatic heterocycles. The smallest absolute Gasteiger partial charge is 0.343 e. The number of carbonyl (C=O) groups excluding carboxylic acids is 1. The quantitative estimate of drug-likeness (QED) is 0.776. The first kappa shape index (κ1) is 16.9. The van der Waals surface area contributed by atoms with E-state index >= 15 is 0 Å². The van der Waals surface area contributed by atoms with Gasteiger partial charge in [0.2, 0.25) is 0 Å². The molecule has 0 saturated heterocycles. The highest BCUT2D eigenvalue weighted by Crippen LogP contribution is 2.57. The minimum atomic E-state index is -4.73. The van der Waals surface area contributed by atoms with Crippen LogP contribution in [0.25, 0.3) is 0 Å². The summed E-state index contributed by atoms with van der Waals surface area (Å²) in [7, 11) is 0. The van der Waals surface area contributed by atoms with Gasteiger partial charge in [-0.15, -0.1) is 12.4 Å². The van der Waals surface area contributed by atoms with Gasteiger partial charge in [0.1, 0.15) is 0 Å². The van der Waals surface area contributed by atoms with Gasteiger partial charge in [-0.05, 0) is 50.4 Å². The predicted octanol–water partition coefficient (Wildman–Crippen LogP) is 3.16. The topological polar surface area (TPSA) is 55.1 Å². The minimum Gasteiger partial charge on any atom is -0.343 e. The van der Waals surface area contributed by atoms with Gasteiger partial charge in [-0.25, -0.2) is 0 Å². The molecule has 21 heavy (non-hydrogen) atoms. The fourth-order valence-corrected chi connectivity index (χ4v) is 3.49. The van der Waals surface area contributed by atoms with Gasteiger partial charge in [0, 0.05) is 12.4 Å². The van der Waals surface area contributed by atoms with Crippen LogP contribution in [0.4, 0.5) is 13.2 Å². The first-order valence-corrected chi connectivity index (χ1v) is 7.09. The SMILES string of the molecule is Cl.NC12CC(C1)C2.O=C(NC12CC(C1)C2)C(F)(F)F.[2H]CC. The van der Waals surface area contributed by atoms with Crippen molar-refractivity contribution in [2.45, 2.75) is 69.6 Å². The molecule has 3 N–H and O–H groups in total. The van der Waals surface area contributed by atoms with Gasteiger partial charge in [0.25, 0.3) is 0 Å². The summed E-state index contributed by atoms with van der Waals surface area (Å²) in [5.41, 5.74) is 5.58. The van der Waals surface area contributed by atoms with Crippen LogP contribution in [0, 0.1) is 11.8 Å². The van der Waals surface area contributed by atoms with E-state index in [0.717, 1.165) is 25.2 Å². The van der Waals surface area contributed by atoms with Crippen LogP contribution in [0.5, 0.6) is 0 Å². The van der Waals surface area contributed by atoms with Crippen molar-refractivity contribution in [1.29, 1.82) is 0 Å². The number of nitrogens with one attached hydrogen (secondary N) is 1. The summed E-state index contributed by atoms with van der Waals surface area (Å²) in [6, 6.07) is 0. The normalized spacial score (nSPS) is 40.5. The number of hydrogen-bond donors (Lipinski definition) is 2. The lowest BCUT2D eigenvalue weighted by molar-refractivity contribution is -0.183. The van der Waals surface area contributed by atoms with Gasteiger partial charge >= 0.3 is 12.1 Å². The van der Waals surface area contributed by atoms with Gasteiger partial charge in [-0.3, -0.25) is 4.79 Å². The predicted molar refractivity (Wildman–Crippen MR) is 77.1 cm³/mol. The van der Waals surface area contributed by atoms with Crippen LogP contribution >= 0.6 is 12.4 Å². The maximum absolute atomic E-state index is 11.7. The van der Waals surface area contributed by atoms with Crippen LogP contribution in [0.15, 0.2) is 0 Å². The van der Waals surface area contributed by atoms with E-state index in [4.69, 9.17) is 7.10 Å². The fourth-order valence-electron chi connectivity index (χ4n) is 3.49. The Morgan fingerprint density at radius 2 is 1.52 bits per heavy atom. The second-order valence-electron chi connectivity index (χ2n) is 6.55. The zero-order valence-electron chi connectivity index (χ0n) is 13.1. The van der Waals surface area contributed by atoms with E-state index in [1.807, 2.05) is 5.32 Å². The highest BCUT2D eigenvalue weighted by atomic mass is 35.5. The maximum Gasteiger partial charge on any atom is 0.471 e. The van der Waals surface area contributed by atoms with E-state index in [1.54, 1.807) is 6.92 Å². The van der Waals surface area contributed by atoms with E-state index in [0.29, 0.717) is 18.4 Å². The Morgan fingerprint density at radius 1 is 1.19 bits per heavy atom. The lowest BCUT2D eigenvalue weighted by Crippen LogP contribution is -2.69. The average molecular weight is 330 g/mol. The number of halogens is 4. The van der Waals surface area contributed by atoms with Crippen LogP contribution in [0.1, 0.15) is 53.7 Å². The van der Waals surface area contributed by atoms with Crippen LogP contribution in [0.2, 0.25) is 0 Å². The summed E-state index contributed by atoms with van der Waals surface area (Å²) in [6.45, 7) is 2.29. The molecule has 3 nitrogen and oxygen atoms in total. The molecule has 0 aromatic rings. The Labute approximate surface area is 131 Å². The second-order valence-corrected chi connectivity index (χ2v) is 6.55. The molecular formula is C14H24ClF3N2O. The monoisotopic (exact) mass is 329 g/mol. The molecule has 1 amide bonds. The molecule has 0 aliphatic heterocycles. The third-order valence-electron chi connectivity index (χ3n) is 4.76. The van der Waals surface area contributed by atoms with Crippen molar-refractivity contribution in [3.05, 3.63) is 0 Å². The van der Waals surface area contributed by atoms with Gasteiger partial charge < -0.3 is 11.1 Å². The molecule has 6 aliphatic carbocycles. The minimum absolute atomic E-state index is 0. The summed E-state index contributed by atoms with van der Waals surface area (Å²) < 4.78 is 41.4. The molecule has 0 heterocycles. The van der Waals surface area contributed by atoms with Crippen LogP contribution in [-0.2, 0) is 4.79 Å². The molecule has 6 aliphatic rings. The van der Waals surface area contributed by atoms with Gasteiger partial charge in [-0.1, -0.05) is 13.8 Å². The number of nitrogens with two attached hydrogens (primary N) is 1. The second kappa shape index (κ2) is 5.95. The molecule has 7 heteroatoms. The summed E-state index contributed by atoms with van der Waals surface area (Å²) in [4.78, 5) is 10.5. The molecule has 0 radical (unpaired) electrons. The van der Waals surface area contributed by atoms with E-state index < -0.39 is 17.6 Å². The number of alkyl halides is 3. The molecule has 0 spiro atoms. The first-order valence-electron chi connectivity index (χ1n) is 7.79. The summed E-state index contributed by atoms with van der Waals surface area (Å²) >= 11 is 0.